The van der Waals surface area contributed by atoms with E-state index in [1.807, 2.05) is 0 Å². The minimum Gasteiger partial charge on any atom is -0.395 e. The molecule has 0 spiro atoms. The lowest BCUT2D eigenvalue weighted by Gasteiger charge is -2.20. The standard InChI is InChI=1S/C7H14N2O3S/c1-3-9(4-5-10)13(11,12)7(2)6-8/h7,10H,3-5H2,1-2H3. The van der Waals surface area contributed by atoms with Crippen LogP contribution < -0.4 is 0 Å². The van der Waals surface area contributed by atoms with Crippen molar-refractivity contribution in [1.82, 2.24) is 4.31 Å². The SMILES string of the molecule is CCN(CCO)S(=O)(=O)C(C)C#N. The van der Waals surface area contributed by atoms with Crippen molar-refractivity contribution < 1.29 is 13.5 Å². The maximum atomic E-state index is 11.5. The molecule has 0 saturated carbocycles. The van der Waals surface area contributed by atoms with Gasteiger partial charge in [-0.05, 0) is 6.92 Å². The van der Waals surface area contributed by atoms with Crippen LogP contribution in [0.3, 0.4) is 0 Å². The third-order valence-electron chi connectivity index (χ3n) is 1.69. The van der Waals surface area contributed by atoms with E-state index in [-0.39, 0.29) is 19.7 Å². The van der Waals surface area contributed by atoms with Gasteiger partial charge in [-0.25, -0.2) is 8.42 Å². The van der Waals surface area contributed by atoms with Crippen LogP contribution in [0.5, 0.6) is 0 Å². The second-order valence-corrected chi connectivity index (χ2v) is 4.78. The number of nitriles is 1. The van der Waals surface area contributed by atoms with Crippen molar-refractivity contribution in [2.24, 2.45) is 0 Å². The summed E-state index contributed by atoms with van der Waals surface area (Å²) in [5.74, 6) is 0. The highest BCUT2D eigenvalue weighted by atomic mass is 32.2. The molecule has 0 saturated heterocycles. The molecule has 0 aliphatic rings. The summed E-state index contributed by atoms with van der Waals surface area (Å²) < 4.78 is 24.0. The Labute approximate surface area is 78.6 Å². The fraction of sp³-hybridized carbons (Fsp3) is 0.857. The minimum absolute atomic E-state index is 0.0465. The summed E-state index contributed by atoms with van der Waals surface area (Å²) in [7, 11) is -3.55. The van der Waals surface area contributed by atoms with Crippen molar-refractivity contribution in [2.45, 2.75) is 19.1 Å². The maximum Gasteiger partial charge on any atom is 0.230 e. The largest absolute Gasteiger partial charge is 0.395 e. The van der Waals surface area contributed by atoms with E-state index in [1.165, 1.54) is 6.92 Å². The van der Waals surface area contributed by atoms with Gasteiger partial charge in [0, 0.05) is 13.1 Å². The van der Waals surface area contributed by atoms with E-state index in [0.29, 0.717) is 0 Å². The lowest BCUT2D eigenvalue weighted by molar-refractivity contribution is 0.256. The fourth-order valence-electron chi connectivity index (χ4n) is 0.867. The van der Waals surface area contributed by atoms with Crippen molar-refractivity contribution >= 4 is 10.0 Å². The molecule has 6 heteroatoms. The van der Waals surface area contributed by atoms with Gasteiger partial charge in [0.2, 0.25) is 10.0 Å². The minimum atomic E-state index is -3.55. The summed E-state index contributed by atoms with van der Waals surface area (Å²) in [6.07, 6.45) is 0. The first kappa shape index (κ1) is 12.4. The number of aliphatic hydroxyl groups is 1. The summed E-state index contributed by atoms with van der Waals surface area (Å²) in [4.78, 5) is 0. The van der Waals surface area contributed by atoms with Crippen molar-refractivity contribution in [1.29, 1.82) is 5.26 Å². The number of hydrogen-bond acceptors (Lipinski definition) is 4. The number of nitrogens with zero attached hydrogens (tertiary/aromatic N) is 2. The quantitative estimate of drug-likeness (QED) is 0.660. The summed E-state index contributed by atoms with van der Waals surface area (Å²) in [5, 5.41) is 16.0. The lowest BCUT2D eigenvalue weighted by atomic mass is 10.5. The molecule has 1 atom stereocenters. The molecule has 0 aromatic rings. The van der Waals surface area contributed by atoms with E-state index in [1.54, 1.807) is 13.0 Å². The van der Waals surface area contributed by atoms with Crippen LogP contribution in [0.1, 0.15) is 13.8 Å². The summed E-state index contributed by atoms with van der Waals surface area (Å²) >= 11 is 0. The smallest absolute Gasteiger partial charge is 0.230 e. The van der Waals surface area contributed by atoms with Crippen molar-refractivity contribution in [3.8, 4) is 6.07 Å². The second-order valence-electron chi connectivity index (χ2n) is 2.53. The molecule has 0 radical (unpaired) electrons. The van der Waals surface area contributed by atoms with Crippen LogP contribution >= 0.6 is 0 Å². The summed E-state index contributed by atoms with van der Waals surface area (Å²) in [6, 6.07) is 1.67. The van der Waals surface area contributed by atoms with Crippen LogP contribution in [0.2, 0.25) is 0 Å². The Morgan fingerprint density at radius 3 is 2.46 bits per heavy atom. The molecule has 0 aliphatic heterocycles. The van der Waals surface area contributed by atoms with Gasteiger partial charge >= 0.3 is 0 Å². The second kappa shape index (κ2) is 5.17. The number of hydrogen-bond donors (Lipinski definition) is 1. The van der Waals surface area contributed by atoms with E-state index < -0.39 is 15.3 Å². The Morgan fingerprint density at radius 2 is 2.15 bits per heavy atom. The Kier molecular flexibility index (Phi) is 4.91. The zero-order valence-corrected chi connectivity index (χ0v) is 8.58. The van der Waals surface area contributed by atoms with Crippen molar-refractivity contribution in [3.63, 3.8) is 0 Å². The Balaban J connectivity index is 4.70. The first-order valence-corrected chi connectivity index (χ1v) is 5.50. The van der Waals surface area contributed by atoms with E-state index in [2.05, 4.69) is 0 Å². The van der Waals surface area contributed by atoms with Gasteiger partial charge in [-0.3, -0.25) is 0 Å². The third kappa shape index (κ3) is 2.95. The van der Waals surface area contributed by atoms with Gasteiger partial charge in [0.1, 0.15) is 0 Å². The van der Waals surface area contributed by atoms with Crippen LogP contribution in [0, 0.1) is 11.3 Å². The molecule has 0 fully saturated rings. The van der Waals surface area contributed by atoms with E-state index in [0.717, 1.165) is 4.31 Å². The van der Waals surface area contributed by atoms with Gasteiger partial charge in [0.15, 0.2) is 5.25 Å². The number of rotatable bonds is 5. The molecule has 0 aromatic carbocycles. The lowest BCUT2D eigenvalue weighted by Crippen LogP contribution is -2.38. The van der Waals surface area contributed by atoms with Crippen LogP contribution in [0.15, 0.2) is 0 Å². The number of sulfonamides is 1. The van der Waals surface area contributed by atoms with Crippen LogP contribution in [0.25, 0.3) is 0 Å². The molecular weight excluding hydrogens is 192 g/mol. The van der Waals surface area contributed by atoms with Crippen molar-refractivity contribution in [3.05, 3.63) is 0 Å². The highest BCUT2D eigenvalue weighted by molar-refractivity contribution is 7.89. The van der Waals surface area contributed by atoms with Gasteiger partial charge in [-0.2, -0.15) is 9.57 Å². The maximum absolute atomic E-state index is 11.5. The Hall–Kier alpha value is -0.640. The molecule has 1 unspecified atom stereocenters. The number of aliphatic hydroxyl groups excluding tert-OH is 1. The molecular formula is C7H14N2O3S. The van der Waals surface area contributed by atoms with Crippen LogP contribution in [-0.2, 0) is 10.0 Å². The van der Waals surface area contributed by atoms with Gasteiger partial charge in [0.05, 0.1) is 12.7 Å². The molecule has 0 aliphatic carbocycles. The average Bonchev–Trinajstić information content (AvgIpc) is 2.12. The normalized spacial score (nSPS) is 14.1. The molecule has 0 bridgehead atoms. The van der Waals surface area contributed by atoms with E-state index in [9.17, 15) is 8.42 Å². The molecule has 0 amide bonds. The Morgan fingerprint density at radius 1 is 1.62 bits per heavy atom. The fourth-order valence-corrected chi connectivity index (χ4v) is 2.14. The molecule has 0 heterocycles. The zero-order valence-electron chi connectivity index (χ0n) is 7.77. The molecule has 0 aromatic heterocycles. The topological polar surface area (TPSA) is 81.4 Å². The predicted molar refractivity (Wildman–Crippen MR) is 48.3 cm³/mol. The van der Waals surface area contributed by atoms with Gasteiger partial charge in [0.25, 0.3) is 0 Å². The van der Waals surface area contributed by atoms with Gasteiger partial charge < -0.3 is 5.11 Å². The zero-order chi connectivity index (χ0) is 10.5. The molecule has 0 rings (SSSR count). The number of likely N-dealkylation sites (N-methyl/N-ethyl adjacent to an activating group) is 1. The molecule has 76 valence electrons. The first-order valence-electron chi connectivity index (χ1n) is 4.00. The van der Waals surface area contributed by atoms with E-state index in [4.69, 9.17) is 10.4 Å². The van der Waals surface area contributed by atoms with E-state index >= 15 is 0 Å². The first-order chi connectivity index (χ1) is 6.00. The predicted octanol–water partition coefficient (Wildman–Crippen LogP) is -0.458. The van der Waals surface area contributed by atoms with Crippen LogP contribution in [-0.4, -0.2) is 42.8 Å². The molecule has 5 nitrogen and oxygen atoms in total. The van der Waals surface area contributed by atoms with Gasteiger partial charge in [-0.1, -0.05) is 6.92 Å². The average molecular weight is 206 g/mol. The Bertz CT molecular complexity index is 281. The molecule has 1 N–H and O–H groups in total. The monoisotopic (exact) mass is 206 g/mol. The highest BCUT2D eigenvalue weighted by Gasteiger charge is 2.26. The van der Waals surface area contributed by atoms with Crippen LogP contribution in [0.4, 0.5) is 0 Å². The molecule has 13 heavy (non-hydrogen) atoms. The highest BCUT2D eigenvalue weighted by Crippen LogP contribution is 2.07. The van der Waals surface area contributed by atoms with Crippen molar-refractivity contribution in [2.75, 3.05) is 19.7 Å². The summed E-state index contributed by atoms with van der Waals surface area (Å²) in [5.41, 5.74) is 0. The summed E-state index contributed by atoms with van der Waals surface area (Å²) in [6.45, 7) is 3.08. The van der Waals surface area contributed by atoms with Gasteiger partial charge in [-0.15, -0.1) is 0 Å². The third-order valence-corrected chi connectivity index (χ3v) is 3.85.